The molecule has 3 saturated heterocycles. The quantitative estimate of drug-likeness (QED) is 0.0644. The first kappa shape index (κ1) is 82.9. The third kappa shape index (κ3) is 17.7. The van der Waals surface area contributed by atoms with Crippen LogP contribution in [-0.4, -0.2) is 198 Å². The zero-order chi connectivity index (χ0) is 82.3. The third-order valence-corrected chi connectivity index (χ3v) is 22.2. The monoisotopic (exact) mass is 1630 g/mol. The number of aromatic hydroxyl groups is 4. The highest BCUT2D eigenvalue weighted by molar-refractivity contribution is 6.32. The van der Waals surface area contributed by atoms with Crippen LogP contribution < -0.4 is 46.9 Å². The third-order valence-electron chi connectivity index (χ3n) is 21.6. The van der Waals surface area contributed by atoms with E-state index in [4.69, 9.17) is 77.3 Å². The van der Waals surface area contributed by atoms with Crippen molar-refractivity contribution in [2.45, 2.75) is 181 Å². The van der Waals surface area contributed by atoms with Crippen LogP contribution in [0.4, 0.5) is 0 Å². The Labute approximate surface area is 667 Å². The number of halogens is 2. The zero-order valence-corrected chi connectivity index (χ0v) is 63.6. The molecule has 34 heteroatoms. The number of ketones is 2. The number of nitrogens with one attached hydrogen (secondary N) is 4. The van der Waals surface area contributed by atoms with E-state index in [-0.39, 0.29) is 74.4 Å². The Kier molecular flexibility index (Phi) is 25.0. The highest BCUT2D eigenvalue weighted by Gasteiger charge is 2.51. The van der Waals surface area contributed by atoms with Crippen LogP contribution in [0.25, 0.3) is 11.1 Å². The lowest BCUT2D eigenvalue weighted by Gasteiger charge is -2.44. The lowest BCUT2D eigenvalue weighted by atomic mass is 9.84. The molecular weight excluding hydrogens is 1540 g/mol. The molecule has 6 unspecified atom stereocenters. The maximum Gasteiger partial charge on any atom is 0.330 e. The number of amides is 4. The highest BCUT2D eigenvalue weighted by Crippen LogP contribution is 2.50. The van der Waals surface area contributed by atoms with Crippen LogP contribution in [0.3, 0.4) is 0 Å². The molecule has 8 aliphatic rings. The molecule has 0 radical (unpaired) electrons. The average molecular weight is 1630 g/mol. The second-order valence-electron chi connectivity index (χ2n) is 29.4. The average Bonchev–Trinajstić information content (AvgIpc) is 0.763. The summed E-state index contributed by atoms with van der Waals surface area (Å²) in [5.74, 6) is -17.1. The standard InChI is InChI=1S/C81H86Cl2N6O26/c1-33(38-12-18-53(93)48(82)22-38)76(101)88-66-55(95)24-42(20-36-8-6-5-7-9-36)77(102)86-64-41-25-58(110-44-15-10-37(11-16-44)69(66)98)74(115-81-75(71(100)70(99)60(32-90)112-81)114-61-30-50(84)68(97)34(2)108-61)59(26-41)111-57-19-14-40(23-49(57)83)73(113-62-31-51(85)72(107-4)35(3)109-62)67-79(104)87-65(80(105)106)47-27-43(91)28-54(94)63(47)46-21-39(13-17-52(46)92)45(29-56(64)96)78(103)89-67/h5-19,21-23,25-28,33-35,42,45,50-51,60-62,64-73,75,81,90-94,97-100H,20,24,29-32,84-85H2,1-4H3,(H,86,102)(H,87,104)(H,88,101)(H,89,103)(H,105,106)/t33-,34+,35+,42-,45+,50?,51?,60?,61?,62?,64+,65+,66+,67+,68+,69-,70-,71+,72+,73-,75?,81+/m1/s1. The van der Waals surface area contributed by atoms with Crippen molar-refractivity contribution in [1.82, 2.24) is 21.3 Å². The predicted molar refractivity (Wildman–Crippen MR) is 404 cm³/mol. The van der Waals surface area contributed by atoms with Crippen LogP contribution in [0.2, 0.25) is 10.0 Å². The number of phenolic OH excluding ortho intramolecular Hbond substituents is 4. The number of carbonyl (C=O) groups is 7. The lowest BCUT2D eigenvalue weighted by molar-refractivity contribution is -0.330. The Morgan fingerprint density at radius 3 is 1.99 bits per heavy atom. The molecule has 0 spiro atoms. The Morgan fingerprint density at radius 2 is 1.31 bits per heavy atom. The SMILES string of the molecule is CO[C@@H]1C(N)CC(O[C@@H]2c3ccc(c(Cl)c3)Oc3cc4cc(c3O[C@@H]3OC(CO)[C@@H](O)[C@H](O)C3OC3CC(N)[C@@H](O)[C@H](C)O3)Oc3ccc(cc3)[C@@H](O)[C@@H](NC(=O)[C@H](C)c3ccc(O)c(Cl)c3)C(=O)C[C@@H](Cc3ccccc3)C(=O)N[C@@H]4C(=O)C[C@@H]3C(=O)N[C@@H]2C(=O)N[C@H](C(=O)O)c2cc(O)cc(O)c2-c2cc3ccc2O)O[C@H]1C. The summed E-state index contributed by atoms with van der Waals surface area (Å²) >= 11 is 13.7. The van der Waals surface area contributed by atoms with Gasteiger partial charge in [0.15, 0.2) is 47.8 Å². The Bertz CT molecular complexity index is 4810. The van der Waals surface area contributed by atoms with Crippen molar-refractivity contribution in [3.05, 3.63) is 182 Å². The number of rotatable bonds is 14. The first-order valence-corrected chi connectivity index (χ1v) is 37.8. The number of nitrogens with two attached hydrogens (primary N) is 2. The van der Waals surface area contributed by atoms with Crippen LogP contribution in [0.15, 0.2) is 133 Å². The number of Topliss-reactive ketones (excluding diaryl/α,β-unsaturated/α-hetero) is 2. The smallest absolute Gasteiger partial charge is 0.330 e. The molecule has 0 aliphatic carbocycles. The van der Waals surface area contributed by atoms with E-state index in [0.29, 0.717) is 11.1 Å². The van der Waals surface area contributed by atoms with E-state index in [1.807, 2.05) is 0 Å². The van der Waals surface area contributed by atoms with Gasteiger partial charge in [0.05, 0.1) is 52.9 Å². The maximum atomic E-state index is 16.7. The van der Waals surface area contributed by atoms with Gasteiger partial charge in [0, 0.05) is 73.6 Å². The van der Waals surface area contributed by atoms with Crippen molar-refractivity contribution < 1.29 is 127 Å². The minimum absolute atomic E-state index is 0.0169. The molecule has 0 aromatic heterocycles. The fourth-order valence-corrected chi connectivity index (χ4v) is 15.7. The summed E-state index contributed by atoms with van der Waals surface area (Å²) < 4.78 is 58.0. The number of carboxylic acid groups (broad SMARTS) is 1. The summed E-state index contributed by atoms with van der Waals surface area (Å²) in [6.45, 7) is 3.70. The summed E-state index contributed by atoms with van der Waals surface area (Å²) in [4.78, 5) is 109. The fourth-order valence-electron chi connectivity index (χ4n) is 15.3. The number of benzene rings is 7. The molecular formula is C81H86Cl2N6O26. The number of aliphatic carboxylic acids is 1. The molecule has 7 aromatic carbocycles. The van der Waals surface area contributed by atoms with Crippen LogP contribution in [-0.2, 0) is 68.4 Å². The van der Waals surface area contributed by atoms with Crippen molar-refractivity contribution in [2.75, 3.05) is 13.7 Å². The van der Waals surface area contributed by atoms with Crippen LogP contribution in [0.1, 0.15) is 122 Å². The number of carboxylic acids is 1. The summed E-state index contributed by atoms with van der Waals surface area (Å²) in [6.07, 6.45) is -21.8. The van der Waals surface area contributed by atoms with E-state index in [1.54, 1.807) is 37.3 Å². The zero-order valence-electron chi connectivity index (χ0n) is 62.1. The van der Waals surface area contributed by atoms with E-state index in [2.05, 4.69) is 21.3 Å². The van der Waals surface area contributed by atoms with Gasteiger partial charge in [-0.1, -0.05) is 83.9 Å². The van der Waals surface area contributed by atoms with Gasteiger partial charge in [-0.05, 0) is 127 Å². The van der Waals surface area contributed by atoms with Gasteiger partial charge in [-0.15, -0.1) is 0 Å². The lowest BCUT2D eigenvalue weighted by Crippen LogP contribution is -2.62. The van der Waals surface area contributed by atoms with Crippen LogP contribution >= 0.6 is 23.2 Å². The van der Waals surface area contributed by atoms with Gasteiger partial charge in [0.25, 0.3) is 0 Å². The molecule has 8 aliphatic heterocycles. The van der Waals surface area contributed by atoms with Gasteiger partial charge in [-0.2, -0.15) is 0 Å². The van der Waals surface area contributed by atoms with Gasteiger partial charge in [0.1, 0.15) is 83.1 Å². The number of aliphatic hydroxyl groups is 5. The van der Waals surface area contributed by atoms with Crippen molar-refractivity contribution in [2.24, 2.45) is 17.4 Å². The first-order valence-electron chi connectivity index (χ1n) is 37.0. The first-order chi connectivity index (χ1) is 54.8. The van der Waals surface area contributed by atoms with Gasteiger partial charge < -0.3 is 126 Å². The number of fused-ring (bicyclic) bond motifs is 15. The number of ether oxygens (including phenoxy) is 9. The van der Waals surface area contributed by atoms with Gasteiger partial charge in [-0.3, -0.25) is 28.8 Å². The molecule has 115 heavy (non-hydrogen) atoms. The molecule has 7 aromatic rings. The second kappa shape index (κ2) is 34.8. The largest absolute Gasteiger partial charge is 0.508 e. The predicted octanol–water partition coefficient (Wildman–Crippen LogP) is 5.44. The van der Waals surface area contributed by atoms with Crippen molar-refractivity contribution in [1.29, 1.82) is 0 Å². The minimum atomic E-state index is -2.23. The molecule has 18 N–H and O–H groups in total. The number of methoxy groups -OCH3 is 1. The number of phenols is 4. The van der Waals surface area contributed by atoms with E-state index in [9.17, 15) is 60.7 Å². The molecule has 15 rings (SSSR count). The second-order valence-corrected chi connectivity index (χ2v) is 30.2. The Morgan fingerprint density at radius 1 is 0.635 bits per heavy atom. The van der Waals surface area contributed by atoms with Gasteiger partial charge in [0.2, 0.25) is 35.7 Å². The van der Waals surface area contributed by atoms with Crippen LogP contribution in [0, 0.1) is 5.92 Å². The maximum absolute atomic E-state index is 16.7. The number of aliphatic hydroxyl groups excluding tert-OH is 5. The van der Waals surface area contributed by atoms with Crippen molar-refractivity contribution >= 4 is 64.4 Å². The summed E-state index contributed by atoms with van der Waals surface area (Å²) in [5, 5.41) is 124. The van der Waals surface area contributed by atoms with E-state index < -0.39 is 240 Å². The normalized spacial score (nSPS) is 30.1. The molecule has 32 nitrogen and oxygen atoms in total. The summed E-state index contributed by atoms with van der Waals surface area (Å²) in [7, 11) is 1.42. The van der Waals surface area contributed by atoms with Gasteiger partial charge >= 0.3 is 5.97 Å². The fraction of sp³-hybridized carbons (Fsp3) is 0.395. The molecule has 610 valence electrons. The molecule has 3 fully saturated rings. The summed E-state index contributed by atoms with van der Waals surface area (Å²) in [5.41, 5.74) is 11.9. The molecule has 11 bridgehead atoms. The van der Waals surface area contributed by atoms with Crippen molar-refractivity contribution in [3.63, 3.8) is 0 Å². The topological polar surface area (TPSA) is 505 Å². The van der Waals surface area contributed by atoms with E-state index in [1.165, 1.54) is 99.8 Å². The van der Waals surface area contributed by atoms with E-state index >= 15 is 24.0 Å². The van der Waals surface area contributed by atoms with Gasteiger partial charge in [-0.25, -0.2) is 4.79 Å². The number of carbonyl (C=O) groups excluding carboxylic acids is 6. The number of hydrogen-bond acceptors (Lipinski definition) is 27. The minimum Gasteiger partial charge on any atom is -0.508 e. The molecule has 22 atom stereocenters. The number of hydrogen-bond donors (Lipinski definition) is 16. The van der Waals surface area contributed by atoms with E-state index in [0.717, 1.165) is 24.3 Å². The molecule has 4 amide bonds. The van der Waals surface area contributed by atoms with Crippen molar-refractivity contribution in [3.8, 4) is 62.9 Å². The molecule has 8 heterocycles. The summed E-state index contributed by atoms with van der Waals surface area (Å²) in [6, 6.07) is 19.2. The highest BCUT2D eigenvalue weighted by atomic mass is 35.5. The Hall–Kier alpha value is -10.1. The van der Waals surface area contributed by atoms with Crippen LogP contribution in [0.5, 0.6) is 51.7 Å². The Balaban J connectivity index is 1.05. The molecule has 0 saturated carbocycles.